The lowest BCUT2D eigenvalue weighted by Crippen LogP contribution is -1.95. The van der Waals surface area contributed by atoms with Crippen LogP contribution in [0.5, 0.6) is 0 Å². The van der Waals surface area contributed by atoms with E-state index in [-0.39, 0.29) is 11.1 Å². The predicted molar refractivity (Wildman–Crippen MR) is 103 cm³/mol. The van der Waals surface area contributed by atoms with E-state index in [4.69, 9.17) is 15.3 Å². The number of fused-ring (bicyclic) bond motifs is 3. The summed E-state index contributed by atoms with van der Waals surface area (Å²) in [6.07, 6.45) is 0. The molecule has 7 nitrogen and oxygen atoms in total. The van der Waals surface area contributed by atoms with Crippen molar-refractivity contribution in [2.75, 3.05) is 0 Å². The van der Waals surface area contributed by atoms with Gasteiger partial charge >= 0.3 is 17.9 Å². The Kier molecular flexibility index (Phi) is 5.08. The number of aromatic carboxylic acids is 3. The van der Waals surface area contributed by atoms with Gasteiger partial charge in [-0.05, 0) is 48.5 Å². The molecule has 0 aliphatic rings. The van der Waals surface area contributed by atoms with Crippen molar-refractivity contribution < 1.29 is 29.7 Å². The van der Waals surface area contributed by atoms with Crippen molar-refractivity contribution in [3.05, 3.63) is 83.4 Å². The van der Waals surface area contributed by atoms with Gasteiger partial charge in [0.15, 0.2) is 0 Å². The molecule has 0 aliphatic carbocycles. The lowest BCUT2D eigenvalue weighted by Gasteiger charge is -1.96. The molecule has 140 valence electrons. The van der Waals surface area contributed by atoms with Crippen molar-refractivity contribution in [2.45, 2.75) is 0 Å². The summed E-state index contributed by atoms with van der Waals surface area (Å²) in [5, 5.41) is 27.8. The highest BCUT2D eigenvalue weighted by molar-refractivity contribution is 6.11. The minimum Gasteiger partial charge on any atom is -0.478 e. The molecule has 4 aromatic rings. The first-order chi connectivity index (χ1) is 13.4. The van der Waals surface area contributed by atoms with Crippen LogP contribution in [0, 0.1) is 0 Å². The van der Waals surface area contributed by atoms with Gasteiger partial charge in [0.25, 0.3) is 0 Å². The third kappa shape index (κ3) is 3.83. The van der Waals surface area contributed by atoms with E-state index >= 15 is 0 Å². The topological polar surface area (TPSA) is 128 Å². The molecule has 0 amide bonds. The molecule has 3 aromatic carbocycles. The largest absolute Gasteiger partial charge is 0.478 e. The van der Waals surface area contributed by atoms with Crippen LogP contribution in [0.4, 0.5) is 0 Å². The molecular weight excluding hydrogens is 362 g/mol. The number of rotatable bonds is 3. The van der Waals surface area contributed by atoms with E-state index in [0.29, 0.717) is 16.3 Å². The second kappa shape index (κ2) is 7.63. The molecule has 0 unspecified atom stereocenters. The summed E-state index contributed by atoms with van der Waals surface area (Å²) in [6.45, 7) is 0. The Morgan fingerprint density at radius 3 is 1.36 bits per heavy atom. The summed E-state index contributed by atoms with van der Waals surface area (Å²) in [7, 11) is 0. The highest BCUT2D eigenvalue weighted by Gasteiger charge is 2.11. The first-order valence-corrected chi connectivity index (χ1v) is 8.17. The van der Waals surface area contributed by atoms with Crippen LogP contribution >= 0.6 is 0 Å². The molecule has 0 spiro atoms. The lowest BCUT2D eigenvalue weighted by atomic mass is 10.1. The van der Waals surface area contributed by atoms with Crippen molar-refractivity contribution in [2.24, 2.45) is 0 Å². The average Bonchev–Trinajstić information content (AvgIpc) is 3.06. The third-order valence-corrected chi connectivity index (χ3v) is 4.11. The quantitative estimate of drug-likeness (QED) is 0.425. The van der Waals surface area contributed by atoms with Crippen molar-refractivity contribution in [1.82, 2.24) is 4.98 Å². The highest BCUT2D eigenvalue weighted by atomic mass is 16.4. The second-order valence-corrected chi connectivity index (χ2v) is 5.93. The Labute approximate surface area is 158 Å². The fraction of sp³-hybridized carbons (Fsp3) is 0. The normalized spacial score (nSPS) is 10.3. The Hall–Kier alpha value is -4.13. The van der Waals surface area contributed by atoms with Crippen molar-refractivity contribution in [3.8, 4) is 0 Å². The molecule has 0 aliphatic heterocycles. The molecule has 4 rings (SSSR count). The highest BCUT2D eigenvalue weighted by Crippen LogP contribution is 2.27. The van der Waals surface area contributed by atoms with Crippen LogP contribution < -0.4 is 0 Å². The van der Waals surface area contributed by atoms with Gasteiger partial charge in [0.05, 0.1) is 16.7 Å². The van der Waals surface area contributed by atoms with Gasteiger partial charge in [-0.25, -0.2) is 14.4 Å². The zero-order valence-corrected chi connectivity index (χ0v) is 14.4. The SMILES string of the molecule is O=C(O)c1ccc2[nH]c3ccc(C(=O)O)cc3c2c1.O=C(O)c1ccccc1. The van der Waals surface area contributed by atoms with Gasteiger partial charge in [-0.15, -0.1) is 0 Å². The van der Waals surface area contributed by atoms with E-state index in [1.165, 1.54) is 12.1 Å². The molecule has 0 bridgehead atoms. The average molecular weight is 377 g/mol. The van der Waals surface area contributed by atoms with Crippen molar-refractivity contribution in [1.29, 1.82) is 0 Å². The fourth-order valence-electron chi connectivity index (χ4n) is 2.74. The first kappa shape index (κ1) is 18.7. The maximum atomic E-state index is 11.0. The van der Waals surface area contributed by atoms with Crippen LogP contribution in [0.3, 0.4) is 0 Å². The molecule has 0 radical (unpaired) electrons. The number of carbonyl (C=O) groups is 3. The summed E-state index contributed by atoms with van der Waals surface area (Å²) >= 11 is 0. The van der Waals surface area contributed by atoms with Crippen LogP contribution in [0.1, 0.15) is 31.1 Å². The first-order valence-electron chi connectivity index (χ1n) is 8.17. The number of hydrogen-bond acceptors (Lipinski definition) is 3. The maximum absolute atomic E-state index is 11.0. The van der Waals surface area contributed by atoms with Crippen LogP contribution in [-0.4, -0.2) is 38.2 Å². The standard InChI is InChI=1S/C14H9NO4.C7H6O2/c16-13(17)7-1-3-11-9(5-7)10-6-8(14(18)19)2-4-12(10)15-11;8-7(9)6-4-2-1-3-5-6/h1-6,15H,(H,16,17)(H,18,19);1-5H,(H,8,9). The second-order valence-electron chi connectivity index (χ2n) is 5.93. The molecule has 1 aromatic heterocycles. The Morgan fingerprint density at radius 2 is 1.00 bits per heavy atom. The van der Waals surface area contributed by atoms with Crippen LogP contribution in [0.2, 0.25) is 0 Å². The van der Waals surface area contributed by atoms with E-state index in [1.807, 2.05) is 0 Å². The minimum absolute atomic E-state index is 0.175. The molecule has 0 fully saturated rings. The fourth-order valence-corrected chi connectivity index (χ4v) is 2.74. The van der Waals surface area contributed by atoms with Crippen LogP contribution in [0.15, 0.2) is 66.7 Å². The Balaban J connectivity index is 0.000000211. The number of aromatic nitrogens is 1. The molecule has 7 heteroatoms. The molecule has 1 heterocycles. The van der Waals surface area contributed by atoms with Gasteiger partial charge < -0.3 is 20.3 Å². The number of hydrogen-bond donors (Lipinski definition) is 4. The van der Waals surface area contributed by atoms with Gasteiger partial charge in [0.1, 0.15) is 0 Å². The molecule has 0 saturated carbocycles. The third-order valence-electron chi connectivity index (χ3n) is 4.11. The molecular formula is C21H15NO6. The minimum atomic E-state index is -1.01. The summed E-state index contributed by atoms with van der Waals surface area (Å²) in [5.41, 5.74) is 2.24. The zero-order valence-electron chi connectivity index (χ0n) is 14.4. The summed E-state index contributed by atoms with van der Waals surface area (Å²) < 4.78 is 0. The number of aromatic amines is 1. The number of carboxylic acid groups (broad SMARTS) is 3. The Bertz CT molecular complexity index is 1130. The smallest absolute Gasteiger partial charge is 0.335 e. The van der Waals surface area contributed by atoms with Crippen LogP contribution in [0.25, 0.3) is 21.8 Å². The van der Waals surface area contributed by atoms with Crippen molar-refractivity contribution >= 4 is 39.7 Å². The zero-order chi connectivity index (χ0) is 20.3. The Morgan fingerprint density at radius 1 is 0.571 bits per heavy atom. The lowest BCUT2D eigenvalue weighted by molar-refractivity contribution is 0.0686. The van der Waals surface area contributed by atoms with Gasteiger partial charge in [0.2, 0.25) is 0 Å². The van der Waals surface area contributed by atoms with E-state index in [0.717, 1.165) is 11.0 Å². The maximum Gasteiger partial charge on any atom is 0.335 e. The van der Waals surface area contributed by atoms with Gasteiger partial charge in [-0.2, -0.15) is 0 Å². The van der Waals surface area contributed by atoms with Crippen molar-refractivity contribution in [3.63, 3.8) is 0 Å². The summed E-state index contributed by atoms with van der Waals surface area (Å²) in [6, 6.07) is 17.8. The summed E-state index contributed by atoms with van der Waals surface area (Å²) in [4.78, 5) is 35.3. The predicted octanol–water partition coefficient (Wildman–Crippen LogP) is 4.10. The summed E-state index contributed by atoms with van der Waals surface area (Å²) in [5.74, 6) is -2.90. The van der Waals surface area contributed by atoms with Crippen LogP contribution in [-0.2, 0) is 0 Å². The van der Waals surface area contributed by atoms with Gasteiger partial charge in [0, 0.05) is 21.8 Å². The number of carboxylic acids is 3. The number of benzene rings is 3. The van der Waals surface area contributed by atoms with E-state index in [2.05, 4.69) is 4.98 Å². The van der Waals surface area contributed by atoms with Gasteiger partial charge in [-0.3, -0.25) is 0 Å². The van der Waals surface area contributed by atoms with E-state index < -0.39 is 17.9 Å². The molecule has 4 N–H and O–H groups in total. The monoisotopic (exact) mass is 377 g/mol. The van der Waals surface area contributed by atoms with Gasteiger partial charge in [-0.1, -0.05) is 18.2 Å². The molecule has 0 saturated heterocycles. The molecule has 28 heavy (non-hydrogen) atoms. The van der Waals surface area contributed by atoms with E-state index in [9.17, 15) is 14.4 Å². The number of nitrogens with one attached hydrogen (secondary N) is 1. The number of H-pyrrole nitrogens is 1. The van der Waals surface area contributed by atoms with E-state index in [1.54, 1.807) is 54.6 Å². The molecule has 0 atom stereocenters.